The highest BCUT2D eigenvalue weighted by molar-refractivity contribution is 7.90. The Morgan fingerprint density at radius 2 is 2.00 bits per heavy atom. The van der Waals surface area contributed by atoms with Crippen molar-refractivity contribution < 1.29 is 26.4 Å². The number of thiazole rings is 1. The number of methoxy groups -OCH3 is 1. The predicted molar refractivity (Wildman–Crippen MR) is 110 cm³/mol. The second-order valence-corrected chi connectivity index (χ2v) is 11.9. The molecule has 2 aromatic rings. The van der Waals surface area contributed by atoms with E-state index in [0.717, 1.165) is 18.0 Å². The first kappa shape index (κ1) is 22.1. The van der Waals surface area contributed by atoms with Crippen molar-refractivity contribution in [1.82, 2.24) is 8.87 Å². The highest BCUT2D eigenvalue weighted by Gasteiger charge is 2.36. The molecule has 9 nitrogen and oxygen atoms in total. The van der Waals surface area contributed by atoms with Crippen LogP contribution in [0.1, 0.15) is 12.8 Å². The average molecular weight is 462 g/mol. The highest BCUT2D eigenvalue weighted by Crippen LogP contribution is 2.23. The summed E-state index contributed by atoms with van der Waals surface area (Å²) in [4.78, 5) is 17.6. The van der Waals surface area contributed by atoms with Crippen LogP contribution < -0.4 is 4.80 Å². The SMILES string of the molecule is COCCn1c(=NC(=O)C2CCCN2S(C)(=O)=O)sc2cc(S(C)(=O)=O)ccc21. The molecule has 1 aliphatic rings. The molecule has 1 aromatic heterocycles. The van der Waals surface area contributed by atoms with Crippen LogP contribution in [0.5, 0.6) is 0 Å². The van der Waals surface area contributed by atoms with Gasteiger partial charge in [-0.25, -0.2) is 16.8 Å². The smallest absolute Gasteiger partial charge is 0.266 e. The van der Waals surface area contributed by atoms with E-state index in [0.29, 0.717) is 42.0 Å². The van der Waals surface area contributed by atoms with Gasteiger partial charge >= 0.3 is 0 Å². The first-order valence-electron chi connectivity index (χ1n) is 8.90. The van der Waals surface area contributed by atoms with Gasteiger partial charge in [0.05, 0.1) is 28.0 Å². The summed E-state index contributed by atoms with van der Waals surface area (Å²) in [5.41, 5.74) is 0.734. The van der Waals surface area contributed by atoms with Crippen LogP contribution in [0.25, 0.3) is 10.2 Å². The molecule has 0 N–H and O–H groups in total. The Balaban J connectivity index is 2.10. The van der Waals surface area contributed by atoms with Crippen LogP contribution in [0, 0.1) is 0 Å². The molecule has 12 heteroatoms. The minimum atomic E-state index is -3.50. The van der Waals surface area contributed by atoms with E-state index in [4.69, 9.17) is 4.74 Å². The molecule has 3 rings (SSSR count). The Hall–Kier alpha value is -1.60. The number of benzene rings is 1. The zero-order chi connectivity index (χ0) is 21.4. The quantitative estimate of drug-likeness (QED) is 0.622. The number of carbonyl (C=O) groups excluding carboxylic acids is 1. The van der Waals surface area contributed by atoms with Crippen molar-refractivity contribution in [2.24, 2.45) is 4.99 Å². The van der Waals surface area contributed by atoms with Gasteiger partial charge in [0.2, 0.25) is 10.0 Å². The Bertz CT molecular complexity index is 1210. The van der Waals surface area contributed by atoms with Gasteiger partial charge in [0.15, 0.2) is 14.6 Å². The zero-order valence-electron chi connectivity index (χ0n) is 16.4. The number of hydrogen-bond donors (Lipinski definition) is 0. The van der Waals surface area contributed by atoms with Gasteiger partial charge in [-0.3, -0.25) is 4.79 Å². The normalized spacial score (nSPS) is 19.3. The summed E-state index contributed by atoms with van der Waals surface area (Å²) in [6.45, 7) is 1.10. The maximum Gasteiger partial charge on any atom is 0.266 e. The summed E-state index contributed by atoms with van der Waals surface area (Å²) in [5.74, 6) is -0.519. The fraction of sp³-hybridized carbons (Fsp3) is 0.529. The number of rotatable bonds is 6. The molecule has 29 heavy (non-hydrogen) atoms. The molecule has 0 spiro atoms. The number of hydrogen-bond acceptors (Lipinski definition) is 7. The molecule has 160 valence electrons. The molecule has 1 atom stereocenters. The molecule has 1 aromatic carbocycles. The summed E-state index contributed by atoms with van der Waals surface area (Å²) in [6.07, 6.45) is 3.25. The van der Waals surface area contributed by atoms with Crippen molar-refractivity contribution in [3.8, 4) is 0 Å². The van der Waals surface area contributed by atoms with Gasteiger partial charge in [0.1, 0.15) is 6.04 Å². The third kappa shape index (κ3) is 4.77. The van der Waals surface area contributed by atoms with Crippen molar-refractivity contribution in [1.29, 1.82) is 0 Å². The molecule has 0 radical (unpaired) electrons. The molecule has 2 heterocycles. The monoisotopic (exact) mass is 461 g/mol. The lowest BCUT2D eigenvalue weighted by Gasteiger charge is -2.18. The highest BCUT2D eigenvalue weighted by atomic mass is 32.2. The van der Waals surface area contributed by atoms with Crippen molar-refractivity contribution >= 4 is 47.3 Å². The fourth-order valence-electron chi connectivity index (χ4n) is 3.32. The van der Waals surface area contributed by atoms with E-state index >= 15 is 0 Å². The summed E-state index contributed by atoms with van der Waals surface area (Å²) in [6, 6.07) is 3.94. The minimum Gasteiger partial charge on any atom is -0.383 e. The van der Waals surface area contributed by atoms with Gasteiger partial charge in [-0.2, -0.15) is 9.30 Å². The number of sulfone groups is 1. The summed E-state index contributed by atoms with van der Waals surface area (Å²) < 4.78 is 56.4. The van der Waals surface area contributed by atoms with E-state index in [2.05, 4.69) is 4.99 Å². The Morgan fingerprint density at radius 1 is 1.28 bits per heavy atom. The number of sulfonamides is 1. The lowest BCUT2D eigenvalue weighted by molar-refractivity contribution is -0.121. The number of amides is 1. The van der Waals surface area contributed by atoms with Crippen LogP contribution in [-0.2, 0) is 35.9 Å². The van der Waals surface area contributed by atoms with Crippen LogP contribution in [0.15, 0.2) is 28.1 Å². The van der Waals surface area contributed by atoms with E-state index < -0.39 is 31.8 Å². The molecule has 1 aliphatic heterocycles. The van der Waals surface area contributed by atoms with Crippen LogP contribution in [-0.4, -0.2) is 70.4 Å². The molecule has 0 aliphatic carbocycles. The number of nitrogens with zero attached hydrogens (tertiary/aromatic N) is 3. The van der Waals surface area contributed by atoms with Gasteiger partial charge in [-0.1, -0.05) is 11.3 Å². The number of fused-ring (bicyclic) bond motifs is 1. The minimum absolute atomic E-state index is 0.182. The summed E-state index contributed by atoms with van der Waals surface area (Å²) >= 11 is 1.19. The van der Waals surface area contributed by atoms with Crippen LogP contribution in [0.3, 0.4) is 0 Å². The van der Waals surface area contributed by atoms with E-state index in [1.54, 1.807) is 23.8 Å². The number of ether oxygens (including phenoxy) is 1. The molecule has 1 saturated heterocycles. The van der Waals surface area contributed by atoms with Gasteiger partial charge in [-0.15, -0.1) is 0 Å². The molecule has 0 saturated carbocycles. The van der Waals surface area contributed by atoms with Gasteiger partial charge in [-0.05, 0) is 31.0 Å². The fourth-order valence-corrected chi connectivity index (χ4v) is 6.26. The van der Waals surface area contributed by atoms with E-state index in [9.17, 15) is 21.6 Å². The third-order valence-corrected chi connectivity index (χ3v) is 8.16. The third-order valence-electron chi connectivity index (χ3n) is 4.72. The average Bonchev–Trinajstić information content (AvgIpc) is 3.23. The van der Waals surface area contributed by atoms with Crippen LogP contribution in [0.4, 0.5) is 0 Å². The van der Waals surface area contributed by atoms with E-state index in [-0.39, 0.29) is 4.90 Å². The molecule has 1 unspecified atom stereocenters. The van der Waals surface area contributed by atoms with Crippen molar-refractivity contribution in [3.63, 3.8) is 0 Å². The lowest BCUT2D eigenvalue weighted by Crippen LogP contribution is -2.40. The number of aromatic nitrogens is 1. The number of carbonyl (C=O) groups is 1. The molecule has 1 fully saturated rings. The second kappa shape index (κ2) is 8.26. The Labute approximate surface area is 173 Å². The molecule has 1 amide bonds. The van der Waals surface area contributed by atoms with Gasteiger partial charge < -0.3 is 9.30 Å². The first-order valence-corrected chi connectivity index (χ1v) is 13.5. The Morgan fingerprint density at radius 3 is 2.62 bits per heavy atom. The molecule has 0 bridgehead atoms. The lowest BCUT2D eigenvalue weighted by atomic mass is 10.2. The van der Waals surface area contributed by atoms with Crippen LogP contribution in [0.2, 0.25) is 0 Å². The summed E-state index contributed by atoms with van der Waals surface area (Å²) in [5, 5.41) is 0. The van der Waals surface area contributed by atoms with Crippen molar-refractivity contribution in [3.05, 3.63) is 23.0 Å². The van der Waals surface area contributed by atoms with E-state index in [1.165, 1.54) is 21.7 Å². The second-order valence-electron chi connectivity index (χ2n) is 6.91. The van der Waals surface area contributed by atoms with Crippen molar-refractivity contribution in [2.45, 2.75) is 30.3 Å². The first-order chi connectivity index (χ1) is 13.5. The van der Waals surface area contributed by atoms with Crippen LogP contribution >= 0.6 is 11.3 Å². The standard InChI is InChI=1S/C17H23N3O6S3/c1-26-10-9-19-13-7-6-12(28(2,22)23)11-15(13)27-17(19)18-16(21)14-5-4-8-20(14)29(3,24)25/h6-7,11,14H,4-5,8-10H2,1-3H3. The maximum atomic E-state index is 12.8. The van der Waals surface area contributed by atoms with Crippen molar-refractivity contribution in [2.75, 3.05) is 32.8 Å². The zero-order valence-corrected chi connectivity index (χ0v) is 18.8. The largest absolute Gasteiger partial charge is 0.383 e. The molecular weight excluding hydrogens is 438 g/mol. The molecular formula is C17H23N3O6S3. The Kier molecular flexibility index (Phi) is 6.30. The van der Waals surface area contributed by atoms with Gasteiger partial charge in [0.25, 0.3) is 5.91 Å². The predicted octanol–water partition coefficient (Wildman–Crippen LogP) is 0.604. The summed E-state index contributed by atoms with van der Waals surface area (Å²) in [7, 11) is -5.31. The topological polar surface area (TPSA) is 115 Å². The maximum absolute atomic E-state index is 12.8. The van der Waals surface area contributed by atoms with Gasteiger partial charge in [0, 0.05) is 26.5 Å². The van der Waals surface area contributed by atoms with E-state index in [1.807, 2.05) is 0 Å².